The third-order valence-electron chi connectivity index (χ3n) is 2.97. The van der Waals surface area contributed by atoms with Crippen molar-refractivity contribution in [3.8, 4) is 11.5 Å². The predicted molar refractivity (Wildman–Crippen MR) is 84.5 cm³/mol. The molecule has 0 fully saturated rings. The Morgan fingerprint density at radius 3 is 2.78 bits per heavy atom. The van der Waals surface area contributed by atoms with E-state index in [0.29, 0.717) is 22.2 Å². The fraction of sp³-hybridized carbons (Fsp3) is 0.0588. The molecule has 116 valence electrons. The van der Waals surface area contributed by atoms with Crippen LogP contribution in [0.4, 0.5) is 0 Å². The van der Waals surface area contributed by atoms with Crippen molar-refractivity contribution in [2.45, 2.75) is 6.61 Å². The molecule has 3 rings (SSSR count). The van der Waals surface area contributed by atoms with Gasteiger partial charge in [0.2, 0.25) is 5.76 Å². The Morgan fingerprint density at radius 1 is 1.22 bits per heavy atom. The number of esters is 1. The van der Waals surface area contributed by atoms with Crippen molar-refractivity contribution in [3.63, 3.8) is 0 Å². The van der Waals surface area contributed by atoms with E-state index >= 15 is 0 Å². The number of carbonyl (C=O) groups excluding carboxylic acids is 1. The number of nitrogens with zero attached hydrogens (tertiary/aromatic N) is 1. The van der Waals surface area contributed by atoms with Crippen molar-refractivity contribution >= 4 is 23.6 Å². The van der Waals surface area contributed by atoms with Gasteiger partial charge in [-0.1, -0.05) is 28.9 Å². The van der Waals surface area contributed by atoms with E-state index in [9.17, 15) is 4.79 Å². The molecule has 0 spiro atoms. The van der Waals surface area contributed by atoms with E-state index in [1.54, 1.807) is 54.8 Å². The fourth-order valence-corrected chi connectivity index (χ4v) is 1.97. The van der Waals surface area contributed by atoms with Gasteiger partial charge in [0.1, 0.15) is 12.3 Å². The molecular formula is C17H12ClNO4. The minimum Gasteiger partial charge on any atom is -0.461 e. The molecular weight excluding hydrogens is 318 g/mol. The number of furan rings is 1. The molecule has 6 heteroatoms. The second kappa shape index (κ2) is 6.98. The van der Waals surface area contributed by atoms with Crippen molar-refractivity contribution in [1.29, 1.82) is 0 Å². The van der Waals surface area contributed by atoms with Crippen molar-refractivity contribution in [2.75, 3.05) is 0 Å². The molecule has 0 saturated carbocycles. The number of rotatable bonds is 5. The summed E-state index contributed by atoms with van der Waals surface area (Å²) in [6.45, 7) is 0.0218. The van der Waals surface area contributed by atoms with Crippen LogP contribution in [0.3, 0.4) is 0 Å². The Labute approximate surface area is 137 Å². The van der Waals surface area contributed by atoms with Crippen LogP contribution in [0, 0.1) is 0 Å². The van der Waals surface area contributed by atoms with Crippen LogP contribution in [0.15, 0.2) is 63.7 Å². The van der Waals surface area contributed by atoms with Crippen molar-refractivity contribution in [3.05, 3.63) is 71.1 Å². The smallest absolute Gasteiger partial charge is 0.331 e. The van der Waals surface area contributed by atoms with Crippen molar-refractivity contribution in [2.24, 2.45) is 0 Å². The van der Waals surface area contributed by atoms with Crippen molar-refractivity contribution < 1.29 is 18.5 Å². The van der Waals surface area contributed by atoms with Gasteiger partial charge in [-0.15, -0.1) is 0 Å². The van der Waals surface area contributed by atoms with Crippen LogP contribution in [-0.4, -0.2) is 11.1 Å². The Bertz CT molecular complexity index is 804. The summed E-state index contributed by atoms with van der Waals surface area (Å²) in [5, 5.41) is 4.46. The first-order valence-corrected chi connectivity index (χ1v) is 7.18. The molecule has 0 N–H and O–H groups in total. The highest BCUT2D eigenvalue weighted by Gasteiger charge is 2.10. The second-order valence-electron chi connectivity index (χ2n) is 4.65. The number of carbonyl (C=O) groups is 1. The van der Waals surface area contributed by atoms with Gasteiger partial charge in [0.25, 0.3) is 0 Å². The average Bonchev–Trinajstić information content (AvgIpc) is 3.23. The van der Waals surface area contributed by atoms with Crippen LogP contribution in [0.5, 0.6) is 0 Å². The summed E-state index contributed by atoms with van der Waals surface area (Å²) in [7, 11) is 0. The molecule has 0 aliphatic carbocycles. The highest BCUT2D eigenvalue weighted by atomic mass is 35.5. The Hall–Kier alpha value is -2.79. The molecule has 0 aliphatic heterocycles. The number of halogens is 1. The molecule has 0 unspecified atom stereocenters. The van der Waals surface area contributed by atoms with Crippen LogP contribution in [-0.2, 0) is 16.1 Å². The zero-order valence-electron chi connectivity index (χ0n) is 11.9. The first-order valence-electron chi connectivity index (χ1n) is 6.80. The molecule has 0 radical (unpaired) electrons. The molecule has 0 saturated heterocycles. The van der Waals surface area contributed by atoms with Crippen LogP contribution in [0.25, 0.3) is 17.6 Å². The molecule has 0 atom stereocenters. The van der Waals surface area contributed by atoms with E-state index in [0.717, 1.165) is 5.56 Å². The van der Waals surface area contributed by atoms with E-state index in [4.69, 9.17) is 25.3 Å². The number of ether oxygens (including phenoxy) is 1. The summed E-state index contributed by atoms with van der Waals surface area (Å²) < 4.78 is 15.4. The average molecular weight is 330 g/mol. The highest BCUT2D eigenvalue weighted by Crippen LogP contribution is 2.20. The standard InChI is InChI=1S/C17H12ClNO4/c18-13-6-3-12(4-7-13)5-8-17(20)22-11-14-10-16(23-19-14)15-2-1-9-21-15/h1-10H,11H2/b8-5+. The molecule has 23 heavy (non-hydrogen) atoms. The van der Waals surface area contributed by atoms with Crippen LogP contribution >= 0.6 is 11.6 Å². The lowest BCUT2D eigenvalue weighted by atomic mass is 10.2. The number of benzene rings is 1. The number of hydrogen-bond donors (Lipinski definition) is 0. The van der Waals surface area contributed by atoms with Gasteiger partial charge in [0, 0.05) is 17.2 Å². The Balaban J connectivity index is 1.54. The predicted octanol–water partition coefficient (Wildman–Crippen LogP) is 4.34. The van der Waals surface area contributed by atoms with Gasteiger partial charge < -0.3 is 13.7 Å². The first-order chi connectivity index (χ1) is 11.2. The molecule has 3 aromatic rings. The molecule has 2 heterocycles. The SMILES string of the molecule is O=C(/C=C/c1ccc(Cl)cc1)OCc1cc(-c2ccco2)on1. The quantitative estimate of drug-likeness (QED) is 0.514. The maximum Gasteiger partial charge on any atom is 0.331 e. The number of hydrogen-bond acceptors (Lipinski definition) is 5. The molecule has 5 nitrogen and oxygen atoms in total. The van der Waals surface area contributed by atoms with Gasteiger partial charge in [-0.3, -0.25) is 0 Å². The van der Waals surface area contributed by atoms with E-state index in [1.807, 2.05) is 0 Å². The third kappa shape index (κ3) is 4.11. The Kier molecular flexibility index (Phi) is 4.59. The van der Waals surface area contributed by atoms with Gasteiger partial charge >= 0.3 is 5.97 Å². The number of aromatic nitrogens is 1. The molecule has 1 aromatic carbocycles. The first kappa shape index (κ1) is 15.1. The van der Waals surface area contributed by atoms with E-state index in [1.165, 1.54) is 6.08 Å². The van der Waals surface area contributed by atoms with Crippen LogP contribution < -0.4 is 0 Å². The maximum absolute atomic E-state index is 11.7. The summed E-state index contributed by atoms with van der Waals surface area (Å²) in [4.78, 5) is 11.7. The summed E-state index contributed by atoms with van der Waals surface area (Å²) in [5.41, 5.74) is 1.36. The van der Waals surface area contributed by atoms with Gasteiger partial charge in [-0.25, -0.2) is 4.79 Å². The summed E-state index contributed by atoms with van der Waals surface area (Å²) in [5.74, 6) is 0.581. The molecule has 0 bridgehead atoms. The summed E-state index contributed by atoms with van der Waals surface area (Å²) >= 11 is 5.79. The topological polar surface area (TPSA) is 65.5 Å². The monoisotopic (exact) mass is 329 g/mol. The van der Waals surface area contributed by atoms with Gasteiger partial charge in [0.05, 0.1) is 6.26 Å². The van der Waals surface area contributed by atoms with Crippen LogP contribution in [0.2, 0.25) is 5.02 Å². The third-order valence-corrected chi connectivity index (χ3v) is 3.22. The van der Waals surface area contributed by atoms with Gasteiger partial charge in [-0.05, 0) is 35.9 Å². The zero-order valence-corrected chi connectivity index (χ0v) is 12.7. The fourth-order valence-electron chi connectivity index (χ4n) is 1.85. The summed E-state index contributed by atoms with van der Waals surface area (Å²) in [6.07, 6.45) is 4.53. The second-order valence-corrected chi connectivity index (χ2v) is 5.09. The zero-order chi connectivity index (χ0) is 16.1. The molecule has 0 amide bonds. The molecule has 0 aliphatic rings. The van der Waals surface area contributed by atoms with E-state index < -0.39 is 5.97 Å². The normalized spacial score (nSPS) is 11.0. The lowest BCUT2D eigenvalue weighted by Gasteiger charge is -1.97. The van der Waals surface area contributed by atoms with Crippen molar-refractivity contribution in [1.82, 2.24) is 5.16 Å². The lowest BCUT2D eigenvalue weighted by molar-refractivity contribution is -0.139. The minimum atomic E-state index is -0.470. The maximum atomic E-state index is 11.7. The van der Waals surface area contributed by atoms with Crippen LogP contribution in [0.1, 0.15) is 11.3 Å². The minimum absolute atomic E-state index is 0.0218. The van der Waals surface area contributed by atoms with E-state index in [-0.39, 0.29) is 6.61 Å². The van der Waals surface area contributed by atoms with Gasteiger partial charge in [-0.2, -0.15) is 0 Å². The van der Waals surface area contributed by atoms with E-state index in [2.05, 4.69) is 5.16 Å². The summed E-state index contributed by atoms with van der Waals surface area (Å²) in [6, 6.07) is 12.3. The highest BCUT2D eigenvalue weighted by molar-refractivity contribution is 6.30. The Morgan fingerprint density at radius 2 is 2.04 bits per heavy atom. The van der Waals surface area contributed by atoms with Gasteiger partial charge in [0.15, 0.2) is 5.76 Å². The largest absolute Gasteiger partial charge is 0.461 e. The molecule has 2 aromatic heterocycles. The lowest BCUT2D eigenvalue weighted by Crippen LogP contribution is -2.00.